The van der Waals surface area contributed by atoms with Gasteiger partial charge >= 0.3 is 6.18 Å². The molecule has 1 amide bonds. The lowest BCUT2D eigenvalue weighted by atomic mass is 9.99. The van der Waals surface area contributed by atoms with Gasteiger partial charge in [0.05, 0.1) is 11.7 Å². The molecule has 0 bridgehead atoms. The van der Waals surface area contributed by atoms with Crippen LogP contribution in [0.25, 0.3) is 0 Å². The van der Waals surface area contributed by atoms with E-state index < -0.39 is 23.3 Å². The second-order valence-electron chi connectivity index (χ2n) is 8.84. The van der Waals surface area contributed by atoms with Gasteiger partial charge in [-0.05, 0) is 36.7 Å². The molecule has 31 heavy (non-hydrogen) atoms. The molecule has 2 atom stereocenters. The van der Waals surface area contributed by atoms with Crippen LogP contribution in [0.4, 0.5) is 13.2 Å². The summed E-state index contributed by atoms with van der Waals surface area (Å²) < 4.78 is 39.8. The number of aromatic amines is 1. The zero-order valence-corrected chi connectivity index (χ0v) is 18.9. The van der Waals surface area contributed by atoms with Crippen LogP contribution >= 0.6 is 0 Å². The SMILES string of the molecule is CCCC(CC)CN(CC(C)C)C(=O)CCNC1CCc2c1n[nH]c(=O)c2C(F)(F)F. The lowest BCUT2D eigenvalue weighted by Gasteiger charge is -2.29. The van der Waals surface area contributed by atoms with Gasteiger partial charge in [0.1, 0.15) is 5.56 Å². The fraction of sp³-hybridized carbons (Fsp3) is 0.773. The molecule has 1 aromatic heterocycles. The molecule has 0 fully saturated rings. The highest BCUT2D eigenvalue weighted by Gasteiger charge is 2.41. The fourth-order valence-electron chi connectivity index (χ4n) is 4.34. The first-order valence-corrected chi connectivity index (χ1v) is 11.3. The highest BCUT2D eigenvalue weighted by molar-refractivity contribution is 5.76. The summed E-state index contributed by atoms with van der Waals surface area (Å²) in [7, 11) is 0. The Balaban J connectivity index is 2.00. The zero-order valence-electron chi connectivity index (χ0n) is 18.9. The molecule has 9 heteroatoms. The molecule has 0 saturated heterocycles. The molecule has 0 aromatic carbocycles. The number of rotatable bonds is 11. The third kappa shape index (κ3) is 6.79. The summed E-state index contributed by atoms with van der Waals surface area (Å²) >= 11 is 0. The largest absolute Gasteiger partial charge is 0.422 e. The van der Waals surface area contributed by atoms with Gasteiger partial charge in [-0.1, -0.05) is 40.5 Å². The summed E-state index contributed by atoms with van der Waals surface area (Å²) in [5.41, 5.74) is -2.16. The lowest BCUT2D eigenvalue weighted by molar-refractivity contribution is -0.139. The molecule has 1 aliphatic carbocycles. The van der Waals surface area contributed by atoms with Gasteiger partial charge in [0, 0.05) is 26.1 Å². The standard InChI is InChI=1S/C22H35F3N4O2/c1-5-7-15(6-2)13-29(12-14(3)4)18(30)10-11-26-17-9-8-16-19(22(23,24)25)21(31)28-27-20(16)17/h14-15,17,26H,5-13H2,1-4H3,(H,28,31). The van der Waals surface area contributed by atoms with Gasteiger partial charge in [-0.2, -0.15) is 18.3 Å². The number of hydrogen-bond donors (Lipinski definition) is 2. The van der Waals surface area contributed by atoms with Gasteiger partial charge in [0.15, 0.2) is 0 Å². The molecule has 1 heterocycles. The number of carbonyl (C=O) groups excluding carboxylic acids is 1. The molecular formula is C22H35F3N4O2. The minimum absolute atomic E-state index is 0.0353. The Labute approximate surface area is 182 Å². The smallest absolute Gasteiger partial charge is 0.342 e. The third-order valence-electron chi connectivity index (χ3n) is 5.83. The van der Waals surface area contributed by atoms with Crippen molar-refractivity contribution in [2.24, 2.45) is 11.8 Å². The normalized spacial score (nSPS) is 17.1. The van der Waals surface area contributed by atoms with Crippen LogP contribution in [0, 0.1) is 11.8 Å². The number of hydrogen-bond acceptors (Lipinski definition) is 4. The maximum atomic E-state index is 13.3. The van der Waals surface area contributed by atoms with E-state index in [9.17, 15) is 22.8 Å². The van der Waals surface area contributed by atoms with E-state index in [1.807, 2.05) is 10.00 Å². The number of fused-ring (bicyclic) bond motifs is 1. The molecule has 0 aliphatic heterocycles. The average molecular weight is 445 g/mol. The molecule has 1 aromatic rings. The van der Waals surface area contributed by atoms with E-state index in [0.29, 0.717) is 31.3 Å². The number of aromatic nitrogens is 2. The first kappa shape index (κ1) is 25.4. The Morgan fingerprint density at radius 1 is 1.29 bits per heavy atom. The van der Waals surface area contributed by atoms with E-state index in [0.717, 1.165) is 25.8 Å². The van der Waals surface area contributed by atoms with E-state index in [1.165, 1.54) is 0 Å². The van der Waals surface area contributed by atoms with Crippen molar-refractivity contribution in [1.82, 2.24) is 20.4 Å². The Hall–Kier alpha value is -1.90. The Bertz CT molecular complexity index is 792. The average Bonchev–Trinajstić information content (AvgIpc) is 3.07. The molecule has 2 rings (SSSR count). The lowest BCUT2D eigenvalue weighted by Crippen LogP contribution is -2.39. The highest BCUT2D eigenvalue weighted by Crippen LogP contribution is 2.37. The minimum Gasteiger partial charge on any atom is -0.342 e. The van der Waals surface area contributed by atoms with Crippen LogP contribution in [0.3, 0.4) is 0 Å². The van der Waals surface area contributed by atoms with Crippen LogP contribution in [-0.2, 0) is 17.4 Å². The molecular weight excluding hydrogens is 409 g/mol. The van der Waals surface area contributed by atoms with Crippen molar-refractivity contribution in [1.29, 1.82) is 0 Å². The summed E-state index contributed by atoms with van der Waals surface area (Å²) in [5.74, 6) is 0.892. The first-order valence-electron chi connectivity index (χ1n) is 11.3. The van der Waals surface area contributed by atoms with Crippen LogP contribution in [0.5, 0.6) is 0 Å². The Kier molecular flexibility index (Phi) is 9.09. The molecule has 2 N–H and O–H groups in total. The quantitative estimate of drug-likeness (QED) is 0.539. The van der Waals surface area contributed by atoms with Crippen molar-refractivity contribution in [3.8, 4) is 0 Å². The maximum Gasteiger partial charge on any atom is 0.422 e. The second kappa shape index (κ2) is 11.1. The molecule has 176 valence electrons. The molecule has 1 aliphatic rings. The zero-order chi connectivity index (χ0) is 23.2. The van der Waals surface area contributed by atoms with Crippen LogP contribution in [0.2, 0.25) is 0 Å². The maximum absolute atomic E-state index is 13.3. The van der Waals surface area contributed by atoms with Crippen molar-refractivity contribution in [3.63, 3.8) is 0 Å². The Morgan fingerprint density at radius 2 is 2.00 bits per heavy atom. The highest BCUT2D eigenvalue weighted by atomic mass is 19.4. The van der Waals surface area contributed by atoms with Crippen LogP contribution < -0.4 is 10.9 Å². The third-order valence-corrected chi connectivity index (χ3v) is 5.83. The van der Waals surface area contributed by atoms with Gasteiger partial charge in [-0.3, -0.25) is 9.59 Å². The number of nitrogens with one attached hydrogen (secondary N) is 2. The van der Waals surface area contributed by atoms with Crippen molar-refractivity contribution in [3.05, 3.63) is 27.2 Å². The summed E-state index contributed by atoms with van der Waals surface area (Å²) in [6.45, 7) is 10.2. The van der Waals surface area contributed by atoms with E-state index in [2.05, 4.69) is 38.1 Å². The number of nitrogens with zero attached hydrogens (tertiary/aromatic N) is 2. The van der Waals surface area contributed by atoms with E-state index in [1.54, 1.807) is 0 Å². The molecule has 0 spiro atoms. The number of carbonyl (C=O) groups is 1. The fourth-order valence-corrected chi connectivity index (χ4v) is 4.34. The summed E-state index contributed by atoms with van der Waals surface area (Å²) in [5, 5.41) is 9.01. The predicted molar refractivity (Wildman–Crippen MR) is 114 cm³/mol. The van der Waals surface area contributed by atoms with Crippen molar-refractivity contribution in [2.75, 3.05) is 19.6 Å². The summed E-state index contributed by atoms with van der Waals surface area (Å²) in [4.78, 5) is 26.4. The van der Waals surface area contributed by atoms with Gasteiger partial charge < -0.3 is 10.2 Å². The van der Waals surface area contributed by atoms with E-state index in [4.69, 9.17) is 0 Å². The molecule has 2 unspecified atom stereocenters. The second-order valence-corrected chi connectivity index (χ2v) is 8.84. The van der Waals surface area contributed by atoms with Crippen molar-refractivity contribution < 1.29 is 18.0 Å². The van der Waals surface area contributed by atoms with Gasteiger partial charge in [-0.15, -0.1) is 0 Å². The minimum atomic E-state index is -4.71. The Morgan fingerprint density at radius 3 is 2.58 bits per heavy atom. The predicted octanol–water partition coefficient (Wildman–Crippen LogP) is 4.07. The van der Waals surface area contributed by atoms with Crippen molar-refractivity contribution >= 4 is 5.91 Å². The number of H-pyrrole nitrogens is 1. The molecule has 0 saturated carbocycles. The van der Waals surface area contributed by atoms with E-state index in [-0.39, 0.29) is 30.0 Å². The first-order chi connectivity index (χ1) is 14.6. The van der Waals surface area contributed by atoms with Crippen LogP contribution in [0.15, 0.2) is 4.79 Å². The number of halogens is 3. The summed E-state index contributed by atoms with van der Waals surface area (Å²) in [6, 6.07) is -0.400. The van der Waals surface area contributed by atoms with Gasteiger partial charge in [0.25, 0.3) is 5.56 Å². The monoisotopic (exact) mass is 444 g/mol. The molecule has 0 radical (unpaired) electrons. The van der Waals surface area contributed by atoms with Gasteiger partial charge in [-0.25, -0.2) is 5.10 Å². The topological polar surface area (TPSA) is 78.1 Å². The van der Waals surface area contributed by atoms with Gasteiger partial charge in [0.2, 0.25) is 5.91 Å². The van der Waals surface area contributed by atoms with Crippen molar-refractivity contribution in [2.45, 2.75) is 78.4 Å². The number of amides is 1. The van der Waals surface area contributed by atoms with Crippen LogP contribution in [-0.4, -0.2) is 40.6 Å². The summed E-state index contributed by atoms with van der Waals surface area (Å²) in [6.07, 6.45) is -0.685. The van der Waals surface area contributed by atoms with E-state index >= 15 is 0 Å². The number of alkyl halides is 3. The molecule has 6 nitrogen and oxygen atoms in total. The van der Waals surface area contributed by atoms with Crippen LogP contribution in [0.1, 0.15) is 82.7 Å².